The zero-order chi connectivity index (χ0) is 10.7. The molecule has 0 aromatic heterocycles. The van der Waals surface area contributed by atoms with Crippen LogP contribution in [-0.2, 0) is 0 Å². The lowest BCUT2D eigenvalue weighted by atomic mass is 9.97. The Hall–Kier alpha value is -1.77. The molecular formula is C12H10BFO. The third-order valence-corrected chi connectivity index (χ3v) is 2.05. The van der Waals surface area contributed by atoms with Gasteiger partial charge in [0.1, 0.15) is 25.2 Å². The predicted octanol–water partition coefficient (Wildman–Crippen LogP) is 1.88. The summed E-state index contributed by atoms with van der Waals surface area (Å²) in [7, 11) is 2.01. The Labute approximate surface area is 88.9 Å². The van der Waals surface area contributed by atoms with Crippen molar-refractivity contribution in [2.24, 2.45) is 0 Å². The Balaban J connectivity index is 2.18. The SMILES string of the molecule is Bc1ccc(Oc2cccc(F)c2)cc1. The molecular weight excluding hydrogens is 190 g/mol. The van der Waals surface area contributed by atoms with Gasteiger partial charge in [0.05, 0.1) is 0 Å². The summed E-state index contributed by atoms with van der Waals surface area (Å²) in [6.45, 7) is 0. The van der Waals surface area contributed by atoms with Crippen molar-refractivity contribution >= 4 is 13.3 Å². The standard InChI is InChI=1S/C12H10BFO/c13-9-4-6-11(7-5-9)15-12-3-1-2-10(14)8-12/h1-8H,13H2. The van der Waals surface area contributed by atoms with Crippen LogP contribution < -0.4 is 10.2 Å². The number of rotatable bonds is 2. The number of halogens is 1. The number of ether oxygens (including phenoxy) is 1. The first-order chi connectivity index (χ1) is 7.24. The molecule has 0 N–H and O–H groups in total. The van der Waals surface area contributed by atoms with Gasteiger partial charge in [-0.15, -0.1) is 0 Å². The van der Waals surface area contributed by atoms with Gasteiger partial charge >= 0.3 is 0 Å². The number of hydrogen-bond acceptors (Lipinski definition) is 1. The van der Waals surface area contributed by atoms with E-state index in [0.29, 0.717) is 11.5 Å². The van der Waals surface area contributed by atoms with Crippen molar-refractivity contribution in [2.75, 3.05) is 0 Å². The highest BCUT2D eigenvalue weighted by Crippen LogP contribution is 2.20. The second-order valence-electron chi connectivity index (χ2n) is 3.37. The third-order valence-electron chi connectivity index (χ3n) is 2.05. The van der Waals surface area contributed by atoms with Crippen LogP contribution in [0.15, 0.2) is 48.5 Å². The minimum Gasteiger partial charge on any atom is -0.457 e. The van der Waals surface area contributed by atoms with E-state index in [1.54, 1.807) is 12.1 Å². The first kappa shape index (κ1) is 9.78. The molecule has 0 amide bonds. The maximum Gasteiger partial charge on any atom is 0.139 e. The maximum absolute atomic E-state index is 12.9. The summed E-state index contributed by atoms with van der Waals surface area (Å²) in [6.07, 6.45) is 0. The summed E-state index contributed by atoms with van der Waals surface area (Å²) in [6, 6.07) is 13.7. The van der Waals surface area contributed by atoms with E-state index in [1.165, 1.54) is 17.6 Å². The molecule has 0 aliphatic rings. The van der Waals surface area contributed by atoms with Crippen molar-refractivity contribution in [1.29, 1.82) is 0 Å². The second-order valence-corrected chi connectivity index (χ2v) is 3.37. The molecule has 0 saturated heterocycles. The number of hydrogen-bond donors (Lipinski definition) is 0. The van der Waals surface area contributed by atoms with Crippen molar-refractivity contribution in [2.45, 2.75) is 0 Å². The molecule has 0 bridgehead atoms. The van der Waals surface area contributed by atoms with E-state index < -0.39 is 0 Å². The maximum atomic E-state index is 12.9. The molecule has 0 unspecified atom stereocenters. The van der Waals surface area contributed by atoms with Gasteiger partial charge in [-0.2, -0.15) is 0 Å². The van der Waals surface area contributed by atoms with E-state index in [1.807, 2.05) is 32.1 Å². The molecule has 74 valence electrons. The van der Waals surface area contributed by atoms with Crippen molar-refractivity contribution in [3.05, 3.63) is 54.3 Å². The molecule has 0 aliphatic carbocycles. The van der Waals surface area contributed by atoms with Crippen LogP contribution in [0.5, 0.6) is 11.5 Å². The van der Waals surface area contributed by atoms with E-state index in [2.05, 4.69) is 0 Å². The molecule has 0 radical (unpaired) electrons. The van der Waals surface area contributed by atoms with Crippen LogP contribution in [0.4, 0.5) is 4.39 Å². The molecule has 0 aliphatic heterocycles. The minimum absolute atomic E-state index is 0.292. The second kappa shape index (κ2) is 4.17. The van der Waals surface area contributed by atoms with Crippen LogP contribution in [0.25, 0.3) is 0 Å². The molecule has 0 spiro atoms. The zero-order valence-corrected chi connectivity index (χ0v) is 8.41. The summed E-state index contributed by atoms with van der Waals surface area (Å²) < 4.78 is 18.3. The van der Waals surface area contributed by atoms with Crippen LogP contribution in [0, 0.1) is 5.82 Å². The van der Waals surface area contributed by atoms with Crippen LogP contribution in [0.2, 0.25) is 0 Å². The van der Waals surface area contributed by atoms with Crippen LogP contribution in [0.1, 0.15) is 0 Å². The molecule has 0 fully saturated rings. The van der Waals surface area contributed by atoms with E-state index >= 15 is 0 Å². The van der Waals surface area contributed by atoms with Gasteiger partial charge in [-0.1, -0.05) is 23.7 Å². The lowest BCUT2D eigenvalue weighted by Crippen LogP contribution is -1.99. The Morgan fingerprint density at radius 3 is 2.33 bits per heavy atom. The summed E-state index contributed by atoms with van der Waals surface area (Å²) in [5.74, 6) is 0.935. The van der Waals surface area contributed by atoms with Crippen molar-refractivity contribution in [3.63, 3.8) is 0 Å². The summed E-state index contributed by atoms with van der Waals surface area (Å²) in [5.41, 5.74) is 1.17. The quantitative estimate of drug-likeness (QED) is 0.672. The normalized spacial score (nSPS) is 9.93. The van der Waals surface area contributed by atoms with Crippen LogP contribution in [-0.4, -0.2) is 7.85 Å². The average molecular weight is 200 g/mol. The molecule has 1 nitrogen and oxygen atoms in total. The molecule has 2 aromatic carbocycles. The summed E-state index contributed by atoms with van der Waals surface area (Å²) in [5, 5.41) is 0. The Morgan fingerprint density at radius 1 is 0.933 bits per heavy atom. The Morgan fingerprint density at radius 2 is 1.67 bits per heavy atom. The fourth-order valence-electron chi connectivity index (χ4n) is 1.27. The fraction of sp³-hybridized carbons (Fsp3) is 0. The third kappa shape index (κ3) is 2.59. The number of benzene rings is 2. The van der Waals surface area contributed by atoms with Crippen molar-refractivity contribution < 1.29 is 9.13 Å². The van der Waals surface area contributed by atoms with E-state index in [0.717, 1.165) is 0 Å². The summed E-state index contributed by atoms with van der Waals surface area (Å²) >= 11 is 0. The van der Waals surface area contributed by atoms with Gasteiger partial charge in [-0.3, -0.25) is 0 Å². The highest BCUT2D eigenvalue weighted by molar-refractivity contribution is 6.32. The average Bonchev–Trinajstić information content (AvgIpc) is 2.22. The minimum atomic E-state index is -0.292. The van der Waals surface area contributed by atoms with Gasteiger partial charge in [0.25, 0.3) is 0 Å². The molecule has 15 heavy (non-hydrogen) atoms. The predicted molar refractivity (Wildman–Crippen MR) is 61.1 cm³/mol. The molecule has 0 heterocycles. The van der Waals surface area contributed by atoms with E-state index in [9.17, 15) is 4.39 Å². The first-order valence-corrected chi connectivity index (χ1v) is 4.74. The molecule has 2 rings (SSSR count). The highest BCUT2D eigenvalue weighted by atomic mass is 19.1. The van der Waals surface area contributed by atoms with E-state index in [4.69, 9.17) is 4.74 Å². The topological polar surface area (TPSA) is 9.23 Å². The van der Waals surface area contributed by atoms with Gasteiger partial charge in [0.2, 0.25) is 0 Å². The van der Waals surface area contributed by atoms with Gasteiger partial charge in [-0.05, 0) is 24.3 Å². The lowest BCUT2D eigenvalue weighted by Gasteiger charge is -2.05. The first-order valence-electron chi connectivity index (χ1n) is 4.74. The monoisotopic (exact) mass is 200 g/mol. The van der Waals surface area contributed by atoms with Crippen molar-refractivity contribution in [1.82, 2.24) is 0 Å². The fourth-order valence-corrected chi connectivity index (χ4v) is 1.27. The lowest BCUT2D eigenvalue weighted by molar-refractivity contribution is 0.477. The molecule has 3 heteroatoms. The molecule has 0 saturated carbocycles. The largest absolute Gasteiger partial charge is 0.457 e. The van der Waals surface area contributed by atoms with Gasteiger partial charge < -0.3 is 4.74 Å². The Kier molecular flexibility index (Phi) is 2.72. The van der Waals surface area contributed by atoms with Crippen LogP contribution in [0.3, 0.4) is 0 Å². The highest BCUT2D eigenvalue weighted by Gasteiger charge is 1.97. The smallest absolute Gasteiger partial charge is 0.139 e. The van der Waals surface area contributed by atoms with Gasteiger partial charge in [0.15, 0.2) is 0 Å². The molecule has 0 atom stereocenters. The van der Waals surface area contributed by atoms with Crippen molar-refractivity contribution in [3.8, 4) is 11.5 Å². The van der Waals surface area contributed by atoms with Gasteiger partial charge in [-0.25, -0.2) is 4.39 Å². The van der Waals surface area contributed by atoms with Crippen LogP contribution >= 0.6 is 0 Å². The van der Waals surface area contributed by atoms with Gasteiger partial charge in [0, 0.05) is 6.07 Å². The summed E-state index contributed by atoms with van der Waals surface area (Å²) in [4.78, 5) is 0. The zero-order valence-electron chi connectivity index (χ0n) is 8.41. The van der Waals surface area contributed by atoms with E-state index in [-0.39, 0.29) is 5.82 Å². The molecule has 2 aromatic rings. The Bertz CT molecular complexity index is 453.